The number of hydrogen-bond donors (Lipinski definition) is 1. The SMILES string of the molecule is CC.NCc1cccc(F)c1. The van der Waals surface area contributed by atoms with E-state index in [1.54, 1.807) is 12.1 Å². The molecule has 0 fully saturated rings. The van der Waals surface area contributed by atoms with Gasteiger partial charge in [0, 0.05) is 6.54 Å². The van der Waals surface area contributed by atoms with Crippen LogP contribution >= 0.6 is 0 Å². The molecule has 0 amide bonds. The Kier molecular flexibility index (Phi) is 5.39. The molecule has 0 radical (unpaired) electrons. The van der Waals surface area contributed by atoms with Gasteiger partial charge in [-0.2, -0.15) is 0 Å². The van der Waals surface area contributed by atoms with Crippen molar-refractivity contribution in [3.63, 3.8) is 0 Å². The van der Waals surface area contributed by atoms with Crippen molar-refractivity contribution in [1.29, 1.82) is 0 Å². The fourth-order valence-corrected chi connectivity index (χ4v) is 0.664. The van der Waals surface area contributed by atoms with Crippen LogP contribution in [-0.4, -0.2) is 0 Å². The van der Waals surface area contributed by atoms with Gasteiger partial charge < -0.3 is 5.73 Å². The summed E-state index contributed by atoms with van der Waals surface area (Å²) in [5.41, 5.74) is 6.08. The highest BCUT2D eigenvalue weighted by Crippen LogP contribution is 2.00. The molecule has 0 aromatic heterocycles. The Balaban J connectivity index is 0.000000461. The third kappa shape index (κ3) is 3.73. The van der Waals surface area contributed by atoms with Gasteiger partial charge in [0.25, 0.3) is 0 Å². The van der Waals surface area contributed by atoms with E-state index >= 15 is 0 Å². The number of nitrogens with two attached hydrogens (primary N) is 1. The van der Waals surface area contributed by atoms with E-state index in [-0.39, 0.29) is 5.82 Å². The average Bonchev–Trinajstić information content (AvgIpc) is 2.08. The summed E-state index contributed by atoms with van der Waals surface area (Å²) in [6.07, 6.45) is 0. The molecular weight excluding hydrogens is 141 g/mol. The van der Waals surface area contributed by atoms with Gasteiger partial charge in [0.2, 0.25) is 0 Å². The van der Waals surface area contributed by atoms with Gasteiger partial charge in [-0.15, -0.1) is 0 Å². The van der Waals surface area contributed by atoms with Crippen molar-refractivity contribution in [2.24, 2.45) is 5.73 Å². The highest BCUT2D eigenvalue weighted by atomic mass is 19.1. The predicted octanol–water partition coefficient (Wildman–Crippen LogP) is 2.31. The number of rotatable bonds is 1. The van der Waals surface area contributed by atoms with E-state index in [4.69, 9.17) is 5.73 Å². The zero-order valence-corrected chi connectivity index (χ0v) is 6.97. The number of halogens is 1. The van der Waals surface area contributed by atoms with Crippen molar-refractivity contribution in [2.75, 3.05) is 0 Å². The number of hydrogen-bond acceptors (Lipinski definition) is 1. The van der Waals surface area contributed by atoms with E-state index in [1.165, 1.54) is 12.1 Å². The maximum absolute atomic E-state index is 12.3. The maximum atomic E-state index is 12.3. The van der Waals surface area contributed by atoms with E-state index < -0.39 is 0 Å². The summed E-state index contributed by atoms with van der Waals surface area (Å²) < 4.78 is 12.3. The lowest BCUT2D eigenvalue weighted by atomic mass is 10.2. The lowest BCUT2D eigenvalue weighted by molar-refractivity contribution is 0.625. The van der Waals surface area contributed by atoms with E-state index in [1.807, 2.05) is 13.8 Å². The average molecular weight is 155 g/mol. The van der Waals surface area contributed by atoms with Crippen molar-refractivity contribution in [3.05, 3.63) is 35.6 Å². The Morgan fingerprint density at radius 1 is 1.36 bits per heavy atom. The van der Waals surface area contributed by atoms with Crippen LogP contribution in [0.25, 0.3) is 0 Å². The van der Waals surface area contributed by atoms with Crippen molar-refractivity contribution in [2.45, 2.75) is 20.4 Å². The van der Waals surface area contributed by atoms with Gasteiger partial charge >= 0.3 is 0 Å². The molecule has 0 saturated carbocycles. The van der Waals surface area contributed by atoms with Crippen LogP contribution in [-0.2, 0) is 6.54 Å². The molecule has 0 unspecified atom stereocenters. The number of benzene rings is 1. The Labute approximate surface area is 67.0 Å². The third-order valence-electron chi connectivity index (χ3n) is 1.12. The van der Waals surface area contributed by atoms with Crippen LogP contribution < -0.4 is 5.73 Å². The molecular formula is C9H14FN. The molecule has 0 heterocycles. The summed E-state index contributed by atoms with van der Waals surface area (Å²) in [6.45, 7) is 4.40. The predicted molar refractivity (Wildman–Crippen MR) is 45.6 cm³/mol. The topological polar surface area (TPSA) is 26.0 Å². The molecule has 1 nitrogen and oxygen atoms in total. The molecule has 0 aliphatic heterocycles. The molecule has 0 atom stereocenters. The van der Waals surface area contributed by atoms with Gasteiger partial charge in [-0.3, -0.25) is 0 Å². The summed E-state index contributed by atoms with van der Waals surface area (Å²) in [6, 6.07) is 6.28. The molecule has 1 rings (SSSR count). The first kappa shape index (κ1) is 10.1. The Morgan fingerprint density at radius 2 is 2.00 bits per heavy atom. The van der Waals surface area contributed by atoms with Gasteiger partial charge in [-0.25, -0.2) is 4.39 Å². The van der Waals surface area contributed by atoms with Gasteiger partial charge in [0.15, 0.2) is 0 Å². The first-order valence-corrected chi connectivity index (χ1v) is 3.77. The van der Waals surface area contributed by atoms with Gasteiger partial charge in [-0.05, 0) is 17.7 Å². The summed E-state index contributed by atoms with van der Waals surface area (Å²) in [4.78, 5) is 0. The highest BCUT2D eigenvalue weighted by Gasteiger charge is 1.89. The summed E-state index contributed by atoms with van der Waals surface area (Å²) in [5.74, 6) is -0.224. The maximum Gasteiger partial charge on any atom is 0.123 e. The van der Waals surface area contributed by atoms with Gasteiger partial charge in [0.1, 0.15) is 5.82 Å². The fraction of sp³-hybridized carbons (Fsp3) is 0.333. The van der Waals surface area contributed by atoms with Crippen LogP contribution in [0.5, 0.6) is 0 Å². The minimum absolute atomic E-state index is 0.224. The van der Waals surface area contributed by atoms with Crippen molar-refractivity contribution >= 4 is 0 Å². The second-order valence-corrected chi connectivity index (χ2v) is 1.83. The van der Waals surface area contributed by atoms with Crippen LogP contribution in [0, 0.1) is 5.82 Å². The highest BCUT2D eigenvalue weighted by molar-refractivity contribution is 5.15. The molecule has 0 bridgehead atoms. The molecule has 0 spiro atoms. The Bertz CT molecular complexity index is 199. The first-order chi connectivity index (χ1) is 5.33. The largest absolute Gasteiger partial charge is 0.326 e. The van der Waals surface area contributed by atoms with Crippen LogP contribution in [0.4, 0.5) is 4.39 Å². The zero-order valence-electron chi connectivity index (χ0n) is 6.97. The minimum atomic E-state index is -0.224. The van der Waals surface area contributed by atoms with E-state index in [2.05, 4.69) is 0 Å². The monoisotopic (exact) mass is 155 g/mol. The van der Waals surface area contributed by atoms with Crippen molar-refractivity contribution in [1.82, 2.24) is 0 Å². The van der Waals surface area contributed by atoms with Crippen LogP contribution in [0.2, 0.25) is 0 Å². The van der Waals surface area contributed by atoms with Crippen LogP contribution in [0.1, 0.15) is 19.4 Å². The van der Waals surface area contributed by atoms with Gasteiger partial charge in [0.05, 0.1) is 0 Å². The molecule has 11 heavy (non-hydrogen) atoms. The molecule has 0 aliphatic rings. The van der Waals surface area contributed by atoms with Gasteiger partial charge in [-0.1, -0.05) is 26.0 Å². The Morgan fingerprint density at radius 3 is 2.36 bits per heavy atom. The second kappa shape index (κ2) is 5.86. The molecule has 2 heteroatoms. The molecule has 2 N–H and O–H groups in total. The van der Waals surface area contributed by atoms with Crippen molar-refractivity contribution in [3.8, 4) is 0 Å². The Hall–Kier alpha value is -0.890. The lowest BCUT2D eigenvalue weighted by Crippen LogP contribution is -1.95. The molecule has 0 aliphatic carbocycles. The standard InChI is InChI=1S/C7H8FN.C2H6/c8-7-3-1-2-6(4-7)5-9;1-2/h1-4H,5,9H2;1-2H3. The molecule has 0 saturated heterocycles. The van der Waals surface area contributed by atoms with Crippen LogP contribution in [0.15, 0.2) is 24.3 Å². The van der Waals surface area contributed by atoms with E-state index in [9.17, 15) is 4.39 Å². The summed E-state index contributed by atoms with van der Waals surface area (Å²) in [7, 11) is 0. The summed E-state index contributed by atoms with van der Waals surface area (Å²) in [5, 5.41) is 0. The second-order valence-electron chi connectivity index (χ2n) is 1.83. The minimum Gasteiger partial charge on any atom is -0.326 e. The normalized spacial score (nSPS) is 8.36. The van der Waals surface area contributed by atoms with E-state index in [0.29, 0.717) is 6.54 Å². The molecule has 1 aromatic carbocycles. The fourth-order valence-electron chi connectivity index (χ4n) is 0.664. The molecule has 1 aromatic rings. The lowest BCUT2D eigenvalue weighted by Gasteiger charge is -1.92. The smallest absolute Gasteiger partial charge is 0.123 e. The molecule has 62 valence electrons. The van der Waals surface area contributed by atoms with Crippen molar-refractivity contribution < 1.29 is 4.39 Å². The first-order valence-electron chi connectivity index (χ1n) is 3.77. The third-order valence-corrected chi connectivity index (χ3v) is 1.12. The zero-order chi connectivity index (χ0) is 8.69. The van der Waals surface area contributed by atoms with E-state index in [0.717, 1.165) is 5.56 Å². The quantitative estimate of drug-likeness (QED) is 0.661. The summed E-state index contributed by atoms with van der Waals surface area (Å²) >= 11 is 0. The van der Waals surface area contributed by atoms with Crippen LogP contribution in [0.3, 0.4) is 0 Å².